The van der Waals surface area contributed by atoms with E-state index in [0.29, 0.717) is 17.0 Å². The molecule has 0 aromatic heterocycles. The number of carbonyl (C=O) groups is 1. The molecule has 0 aliphatic heterocycles. The van der Waals surface area contributed by atoms with Crippen molar-refractivity contribution in [3.8, 4) is 5.75 Å². The van der Waals surface area contributed by atoms with Gasteiger partial charge in [-0.05, 0) is 24.3 Å². The monoisotopic (exact) mass is 292 g/mol. The van der Waals surface area contributed by atoms with Gasteiger partial charge in [-0.15, -0.1) is 0 Å². The van der Waals surface area contributed by atoms with E-state index in [4.69, 9.17) is 10.5 Å². The highest BCUT2D eigenvalue weighted by Gasteiger charge is 2.10. The first kappa shape index (κ1) is 14.8. The third kappa shape index (κ3) is 3.47. The summed E-state index contributed by atoms with van der Waals surface area (Å²) in [6.45, 7) is -0.0448. The Kier molecular flexibility index (Phi) is 4.37. The van der Waals surface area contributed by atoms with Gasteiger partial charge in [0.1, 0.15) is 17.4 Å². The number of carbonyl (C=O) groups excluding carboxylic acids is 1. The summed E-state index contributed by atoms with van der Waals surface area (Å²) >= 11 is 0. The minimum Gasteiger partial charge on any atom is -0.495 e. The predicted octanol–water partition coefficient (Wildman–Crippen LogP) is 2.49. The van der Waals surface area contributed by atoms with Crippen LogP contribution in [0.1, 0.15) is 15.9 Å². The summed E-state index contributed by atoms with van der Waals surface area (Å²) in [4.78, 5) is 11.9. The Morgan fingerprint density at radius 1 is 1.24 bits per heavy atom. The molecule has 0 heterocycles. The largest absolute Gasteiger partial charge is 0.495 e. The second kappa shape index (κ2) is 6.21. The smallest absolute Gasteiger partial charge is 0.251 e. The number of nitrogens with one attached hydrogen (secondary N) is 1. The molecule has 0 aliphatic carbocycles. The Balaban J connectivity index is 2.06. The van der Waals surface area contributed by atoms with Crippen LogP contribution in [0.5, 0.6) is 5.75 Å². The molecule has 2 aromatic rings. The molecule has 1 amide bonds. The molecular formula is C15H14F2N2O2. The predicted molar refractivity (Wildman–Crippen MR) is 74.9 cm³/mol. The third-order valence-electron chi connectivity index (χ3n) is 2.95. The fourth-order valence-corrected chi connectivity index (χ4v) is 1.82. The first-order valence-electron chi connectivity index (χ1n) is 6.17. The molecule has 3 N–H and O–H groups in total. The number of rotatable bonds is 4. The Labute approximate surface area is 120 Å². The maximum atomic E-state index is 13.4. The van der Waals surface area contributed by atoms with E-state index < -0.39 is 17.5 Å². The van der Waals surface area contributed by atoms with E-state index in [-0.39, 0.29) is 12.1 Å². The fourth-order valence-electron chi connectivity index (χ4n) is 1.82. The van der Waals surface area contributed by atoms with E-state index in [1.165, 1.54) is 19.2 Å². The number of anilines is 1. The molecule has 0 bridgehead atoms. The zero-order valence-corrected chi connectivity index (χ0v) is 11.3. The van der Waals surface area contributed by atoms with Crippen LogP contribution in [0.15, 0.2) is 36.4 Å². The van der Waals surface area contributed by atoms with Crippen molar-refractivity contribution in [1.29, 1.82) is 0 Å². The zero-order chi connectivity index (χ0) is 15.4. The minimum absolute atomic E-state index is 0.0448. The van der Waals surface area contributed by atoms with Crippen molar-refractivity contribution >= 4 is 11.6 Å². The second-order valence-electron chi connectivity index (χ2n) is 4.38. The molecule has 0 saturated heterocycles. The molecule has 4 nitrogen and oxygen atoms in total. The Bertz CT molecular complexity index is 675. The van der Waals surface area contributed by atoms with Crippen LogP contribution in [0, 0.1) is 11.6 Å². The summed E-state index contributed by atoms with van der Waals surface area (Å²) < 4.78 is 31.2. The Hall–Kier alpha value is -2.63. The summed E-state index contributed by atoms with van der Waals surface area (Å²) in [5, 5.41) is 2.54. The van der Waals surface area contributed by atoms with Crippen LogP contribution in [0.4, 0.5) is 14.5 Å². The molecule has 0 aliphatic rings. The summed E-state index contributed by atoms with van der Waals surface area (Å²) in [6, 6.07) is 7.78. The van der Waals surface area contributed by atoms with Crippen LogP contribution >= 0.6 is 0 Å². The maximum absolute atomic E-state index is 13.4. The van der Waals surface area contributed by atoms with Gasteiger partial charge in [0.05, 0.1) is 12.8 Å². The van der Waals surface area contributed by atoms with Crippen molar-refractivity contribution in [2.24, 2.45) is 0 Å². The SMILES string of the molecule is COc1ccc(C(=O)NCc2ccc(F)cc2F)cc1N. The number of halogens is 2. The quantitative estimate of drug-likeness (QED) is 0.851. The number of hydrogen-bond donors (Lipinski definition) is 2. The Morgan fingerprint density at radius 3 is 2.62 bits per heavy atom. The summed E-state index contributed by atoms with van der Waals surface area (Å²) in [6.07, 6.45) is 0. The van der Waals surface area contributed by atoms with Crippen molar-refractivity contribution in [2.45, 2.75) is 6.54 Å². The second-order valence-corrected chi connectivity index (χ2v) is 4.38. The molecule has 0 unspecified atom stereocenters. The fraction of sp³-hybridized carbons (Fsp3) is 0.133. The molecule has 0 spiro atoms. The maximum Gasteiger partial charge on any atom is 0.251 e. The lowest BCUT2D eigenvalue weighted by atomic mass is 10.1. The molecule has 0 atom stereocenters. The number of nitrogens with two attached hydrogens (primary N) is 1. The molecule has 21 heavy (non-hydrogen) atoms. The van der Waals surface area contributed by atoms with Crippen molar-refractivity contribution < 1.29 is 18.3 Å². The van der Waals surface area contributed by atoms with E-state index in [0.717, 1.165) is 12.1 Å². The number of benzene rings is 2. The lowest BCUT2D eigenvalue weighted by Gasteiger charge is -2.09. The van der Waals surface area contributed by atoms with Gasteiger partial charge >= 0.3 is 0 Å². The van der Waals surface area contributed by atoms with Crippen molar-refractivity contribution in [2.75, 3.05) is 12.8 Å². The van der Waals surface area contributed by atoms with Gasteiger partial charge in [0.2, 0.25) is 0 Å². The van der Waals surface area contributed by atoms with Crippen molar-refractivity contribution in [3.63, 3.8) is 0 Å². The van der Waals surface area contributed by atoms with Gasteiger partial charge in [0, 0.05) is 23.7 Å². The van der Waals surface area contributed by atoms with Gasteiger partial charge in [-0.25, -0.2) is 8.78 Å². The number of ether oxygens (including phenoxy) is 1. The van der Waals surface area contributed by atoms with Gasteiger partial charge < -0.3 is 15.8 Å². The topological polar surface area (TPSA) is 64.3 Å². The highest BCUT2D eigenvalue weighted by atomic mass is 19.1. The van der Waals surface area contributed by atoms with Crippen LogP contribution in [-0.4, -0.2) is 13.0 Å². The van der Waals surface area contributed by atoms with Crippen LogP contribution < -0.4 is 15.8 Å². The molecule has 0 saturated carbocycles. The van der Waals surface area contributed by atoms with E-state index in [9.17, 15) is 13.6 Å². The molecule has 0 fully saturated rings. The number of nitrogen functional groups attached to an aromatic ring is 1. The van der Waals surface area contributed by atoms with E-state index in [1.807, 2.05) is 0 Å². The number of amides is 1. The standard InChI is InChI=1S/C15H14F2N2O2/c1-21-14-5-3-9(6-13(14)18)15(20)19-8-10-2-4-11(16)7-12(10)17/h2-7H,8,18H2,1H3,(H,19,20). The molecule has 6 heteroatoms. The van der Waals surface area contributed by atoms with E-state index >= 15 is 0 Å². The van der Waals surface area contributed by atoms with Crippen LogP contribution in [0.25, 0.3) is 0 Å². The van der Waals surface area contributed by atoms with Crippen LogP contribution in [-0.2, 0) is 6.54 Å². The average molecular weight is 292 g/mol. The zero-order valence-electron chi connectivity index (χ0n) is 11.3. The average Bonchev–Trinajstić information content (AvgIpc) is 2.46. The summed E-state index contributed by atoms with van der Waals surface area (Å²) in [7, 11) is 1.47. The van der Waals surface area contributed by atoms with Crippen molar-refractivity contribution in [1.82, 2.24) is 5.32 Å². The number of methoxy groups -OCH3 is 1. The highest BCUT2D eigenvalue weighted by Crippen LogP contribution is 2.21. The van der Waals surface area contributed by atoms with Crippen molar-refractivity contribution in [3.05, 3.63) is 59.2 Å². The minimum atomic E-state index is -0.704. The molecule has 2 aromatic carbocycles. The first-order valence-corrected chi connectivity index (χ1v) is 6.17. The van der Waals surface area contributed by atoms with E-state index in [2.05, 4.69) is 5.32 Å². The Morgan fingerprint density at radius 2 is 2.00 bits per heavy atom. The van der Waals surface area contributed by atoms with Gasteiger partial charge in [0.15, 0.2) is 0 Å². The number of hydrogen-bond acceptors (Lipinski definition) is 3. The van der Waals surface area contributed by atoms with Gasteiger partial charge in [0.25, 0.3) is 5.91 Å². The lowest BCUT2D eigenvalue weighted by Crippen LogP contribution is -2.23. The molecular weight excluding hydrogens is 278 g/mol. The first-order chi connectivity index (χ1) is 10.0. The highest BCUT2D eigenvalue weighted by molar-refractivity contribution is 5.95. The van der Waals surface area contributed by atoms with Gasteiger partial charge in [-0.3, -0.25) is 4.79 Å². The lowest BCUT2D eigenvalue weighted by molar-refractivity contribution is 0.0950. The molecule has 110 valence electrons. The molecule has 2 rings (SSSR count). The van der Waals surface area contributed by atoms with Gasteiger partial charge in [-0.1, -0.05) is 6.07 Å². The third-order valence-corrected chi connectivity index (χ3v) is 2.95. The van der Waals surface area contributed by atoms with Crippen LogP contribution in [0.3, 0.4) is 0 Å². The van der Waals surface area contributed by atoms with Gasteiger partial charge in [-0.2, -0.15) is 0 Å². The van der Waals surface area contributed by atoms with E-state index in [1.54, 1.807) is 12.1 Å². The normalized spacial score (nSPS) is 10.2. The summed E-state index contributed by atoms with van der Waals surface area (Å²) in [5.74, 6) is -1.31. The molecule has 0 radical (unpaired) electrons. The summed E-state index contributed by atoms with van der Waals surface area (Å²) in [5.41, 5.74) is 6.57. The van der Waals surface area contributed by atoms with Crippen LogP contribution in [0.2, 0.25) is 0 Å².